The number of carbonyl (C=O) groups excluding carboxylic acids is 2. The van der Waals surface area contributed by atoms with Crippen molar-refractivity contribution >= 4 is 11.9 Å². The van der Waals surface area contributed by atoms with Gasteiger partial charge in [0, 0.05) is 0 Å². The summed E-state index contributed by atoms with van der Waals surface area (Å²) in [5.41, 5.74) is 0. The van der Waals surface area contributed by atoms with Gasteiger partial charge in [-0.15, -0.1) is 0 Å². The zero-order valence-electron chi connectivity index (χ0n) is 16.1. The van der Waals surface area contributed by atoms with E-state index in [1.54, 1.807) is 0 Å². The molecule has 0 saturated heterocycles. The minimum atomic E-state index is -0.303. The van der Waals surface area contributed by atoms with Crippen LogP contribution in [0.2, 0.25) is 0 Å². The van der Waals surface area contributed by atoms with Crippen molar-refractivity contribution < 1.29 is 19.1 Å². The van der Waals surface area contributed by atoms with E-state index in [2.05, 4.69) is 20.8 Å². The Bertz CT molecular complexity index is 313. The number of carbonyl (C=O) groups is 2. The Balaban J connectivity index is 3.35. The Kier molecular flexibility index (Phi) is 16.0. The van der Waals surface area contributed by atoms with Crippen molar-refractivity contribution in [2.75, 3.05) is 13.2 Å². The summed E-state index contributed by atoms with van der Waals surface area (Å²) in [7, 11) is 0. The molecule has 0 fully saturated rings. The normalized spacial score (nSPS) is 10.8. The van der Waals surface area contributed by atoms with Crippen LogP contribution in [-0.2, 0) is 19.1 Å². The predicted octanol–water partition coefficient (Wildman–Crippen LogP) is 5.43. The predicted molar refractivity (Wildman–Crippen MR) is 97.8 cm³/mol. The smallest absolute Gasteiger partial charge is 0.306 e. The van der Waals surface area contributed by atoms with Crippen LogP contribution in [0.15, 0.2) is 0 Å². The van der Waals surface area contributed by atoms with Crippen LogP contribution in [-0.4, -0.2) is 25.2 Å². The van der Waals surface area contributed by atoms with Gasteiger partial charge in [-0.05, 0) is 25.2 Å². The van der Waals surface area contributed by atoms with Gasteiger partial charge in [0.15, 0.2) is 0 Å². The Labute approximate surface area is 148 Å². The zero-order valence-corrected chi connectivity index (χ0v) is 16.1. The van der Waals surface area contributed by atoms with Gasteiger partial charge in [-0.3, -0.25) is 9.59 Å². The molecule has 0 aromatic heterocycles. The first-order valence-electron chi connectivity index (χ1n) is 9.87. The van der Waals surface area contributed by atoms with Crippen LogP contribution in [0.1, 0.15) is 97.8 Å². The number of ether oxygens (including phenoxy) is 2. The highest BCUT2D eigenvalue weighted by atomic mass is 16.5. The Morgan fingerprint density at radius 3 is 1.67 bits per heavy atom. The summed E-state index contributed by atoms with van der Waals surface area (Å²) in [4.78, 5) is 23.0. The summed E-state index contributed by atoms with van der Waals surface area (Å²) in [5, 5.41) is 0. The lowest BCUT2D eigenvalue weighted by molar-refractivity contribution is -0.150. The number of hydrogen-bond acceptors (Lipinski definition) is 4. The van der Waals surface area contributed by atoms with Gasteiger partial charge < -0.3 is 9.47 Å². The topological polar surface area (TPSA) is 52.6 Å². The molecule has 0 amide bonds. The molecule has 4 nitrogen and oxygen atoms in total. The molecule has 0 heterocycles. The summed E-state index contributed by atoms with van der Waals surface area (Å²) in [6.07, 6.45) is 11.9. The molecule has 4 heteroatoms. The lowest BCUT2D eigenvalue weighted by Gasteiger charge is -2.07. The third-order valence-corrected chi connectivity index (χ3v) is 3.98. The molecule has 0 bridgehead atoms. The number of esters is 2. The second kappa shape index (κ2) is 16.8. The SMILES string of the molecule is CCCCCCCCCCOC(=O)CCC(=O)OCCCC(C)C. The quantitative estimate of drug-likeness (QED) is 0.277. The summed E-state index contributed by atoms with van der Waals surface area (Å²) in [6.45, 7) is 7.43. The van der Waals surface area contributed by atoms with Crippen LogP contribution < -0.4 is 0 Å². The fourth-order valence-corrected chi connectivity index (χ4v) is 2.45. The Morgan fingerprint density at radius 1 is 0.708 bits per heavy atom. The molecular weight excluding hydrogens is 304 g/mol. The highest BCUT2D eigenvalue weighted by Crippen LogP contribution is 2.09. The van der Waals surface area contributed by atoms with Gasteiger partial charge in [-0.25, -0.2) is 0 Å². The summed E-state index contributed by atoms with van der Waals surface area (Å²) in [5.74, 6) is 0.0230. The largest absolute Gasteiger partial charge is 0.466 e. The molecule has 24 heavy (non-hydrogen) atoms. The first kappa shape index (κ1) is 22.9. The van der Waals surface area contributed by atoms with Crippen molar-refractivity contribution in [1.29, 1.82) is 0 Å². The molecule has 0 radical (unpaired) electrons. The monoisotopic (exact) mass is 342 g/mol. The van der Waals surface area contributed by atoms with Gasteiger partial charge in [-0.2, -0.15) is 0 Å². The number of rotatable bonds is 16. The highest BCUT2D eigenvalue weighted by molar-refractivity contribution is 5.77. The first-order chi connectivity index (χ1) is 11.6. The van der Waals surface area contributed by atoms with Crippen LogP contribution in [0.4, 0.5) is 0 Å². The standard InChI is InChI=1S/C20H38O4/c1-4-5-6-7-8-9-10-11-16-23-19(21)14-15-20(22)24-17-12-13-18(2)3/h18H,4-17H2,1-3H3. The molecule has 0 aliphatic carbocycles. The van der Waals surface area contributed by atoms with E-state index in [-0.39, 0.29) is 24.8 Å². The van der Waals surface area contributed by atoms with E-state index < -0.39 is 0 Å². The van der Waals surface area contributed by atoms with E-state index in [0.29, 0.717) is 19.1 Å². The van der Waals surface area contributed by atoms with Crippen molar-refractivity contribution in [3.8, 4) is 0 Å². The molecule has 0 unspecified atom stereocenters. The van der Waals surface area contributed by atoms with Crippen LogP contribution >= 0.6 is 0 Å². The highest BCUT2D eigenvalue weighted by Gasteiger charge is 2.09. The lowest BCUT2D eigenvalue weighted by Crippen LogP contribution is -2.11. The van der Waals surface area contributed by atoms with Crippen molar-refractivity contribution in [3.05, 3.63) is 0 Å². The molecule has 0 atom stereocenters. The summed E-state index contributed by atoms with van der Waals surface area (Å²) in [6, 6.07) is 0. The molecule has 0 aliphatic rings. The molecular formula is C20H38O4. The second-order valence-electron chi connectivity index (χ2n) is 6.95. The molecule has 0 aromatic carbocycles. The lowest BCUT2D eigenvalue weighted by atomic mass is 10.1. The van der Waals surface area contributed by atoms with Crippen molar-refractivity contribution in [1.82, 2.24) is 0 Å². The fraction of sp³-hybridized carbons (Fsp3) is 0.900. The maximum atomic E-state index is 11.5. The van der Waals surface area contributed by atoms with Crippen LogP contribution in [0.25, 0.3) is 0 Å². The van der Waals surface area contributed by atoms with Gasteiger partial charge in [0.2, 0.25) is 0 Å². The van der Waals surface area contributed by atoms with E-state index in [0.717, 1.165) is 25.7 Å². The van der Waals surface area contributed by atoms with Crippen LogP contribution in [0.3, 0.4) is 0 Å². The third-order valence-electron chi connectivity index (χ3n) is 3.98. The number of hydrogen-bond donors (Lipinski definition) is 0. The van der Waals surface area contributed by atoms with E-state index in [4.69, 9.17) is 9.47 Å². The third kappa shape index (κ3) is 17.3. The summed E-state index contributed by atoms with van der Waals surface area (Å²) >= 11 is 0. The van der Waals surface area contributed by atoms with Crippen molar-refractivity contribution in [2.24, 2.45) is 5.92 Å². The summed E-state index contributed by atoms with van der Waals surface area (Å²) < 4.78 is 10.2. The van der Waals surface area contributed by atoms with Gasteiger partial charge in [0.1, 0.15) is 0 Å². The van der Waals surface area contributed by atoms with E-state index in [1.165, 1.54) is 38.5 Å². The molecule has 0 saturated carbocycles. The zero-order chi connectivity index (χ0) is 18.0. The second-order valence-corrected chi connectivity index (χ2v) is 6.95. The molecule has 0 aliphatic heterocycles. The van der Waals surface area contributed by atoms with E-state index in [9.17, 15) is 9.59 Å². The van der Waals surface area contributed by atoms with Gasteiger partial charge in [-0.1, -0.05) is 65.7 Å². The van der Waals surface area contributed by atoms with E-state index >= 15 is 0 Å². The molecule has 0 spiro atoms. The Hall–Kier alpha value is -1.06. The maximum absolute atomic E-state index is 11.5. The van der Waals surface area contributed by atoms with Gasteiger partial charge in [0.05, 0.1) is 26.1 Å². The average molecular weight is 343 g/mol. The van der Waals surface area contributed by atoms with Crippen LogP contribution in [0, 0.1) is 5.92 Å². The molecule has 142 valence electrons. The van der Waals surface area contributed by atoms with Crippen LogP contribution in [0.5, 0.6) is 0 Å². The van der Waals surface area contributed by atoms with Crippen molar-refractivity contribution in [3.63, 3.8) is 0 Å². The van der Waals surface area contributed by atoms with Gasteiger partial charge >= 0.3 is 11.9 Å². The molecule has 0 rings (SSSR count). The maximum Gasteiger partial charge on any atom is 0.306 e. The minimum Gasteiger partial charge on any atom is -0.466 e. The average Bonchev–Trinajstić information content (AvgIpc) is 2.55. The van der Waals surface area contributed by atoms with E-state index in [1.807, 2.05) is 0 Å². The fourth-order valence-electron chi connectivity index (χ4n) is 2.45. The van der Waals surface area contributed by atoms with Gasteiger partial charge in [0.25, 0.3) is 0 Å². The van der Waals surface area contributed by atoms with Crippen molar-refractivity contribution in [2.45, 2.75) is 97.8 Å². The number of unbranched alkanes of at least 4 members (excludes halogenated alkanes) is 7. The minimum absolute atomic E-state index is 0.123. The molecule has 0 aromatic rings. The first-order valence-corrected chi connectivity index (χ1v) is 9.87. The Morgan fingerprint density at radius 2 is 1.17 bits per heavy atom. The molecule has 0 N–H and O–H groups in total.